The molecule has 0 radical (unpaired) electrons. The molecule has 1 aromatic rings. The van der Waals surface area contributed by atoms with Crippen molar-refractivity contribution in [2.75, 3.05) is 24.3 Å². The highest BCUT2D eigenvalue weighted by molar-refractivity contribution is 7.92. The molecule has 0 aliphatic rings. The van der Waals surface area contributed by atoms with Gasteiger partial charge >= 0.3 is 5.97 Å². The van der Waals surface area contributed by atoms with E-state index in [1.54, 1.807) is 24.3 Å². The fourth-order valence-electron chi connectivity index (χ4n) is 1.27. The highest BCUT2D eigenvalue weighted by atomic mass is 32.2. The van der Waals surface area contributed by atoms with E-state index in [0.29, 0.717) is 12.1 Å². The minimum atomic E-state index is -3.41. The van der Waals surface area contributed by atoms with E-state index in [2.05, 4.69) is 4.74 Å². The van der Waals surface area contributed by atoms with Gasteiger partial charge in [0.05, 0.1) is 12.9 Å². The standard InChI is InChI=1S/C11H15NO4S/c1-16-11(13)8-17(14,15)7-6-9-2-4-10(12)5-3-9/h2-5H,6-8,12H2,1H3. The SMILES string of the molecule is COC(=O)CS(=O)(=O)CCc1ccc(N)cc1. The number of esters is 1. The Balaban J connectivity index is 2.55. The lowest BCUT2D eigenvalue weighted by Gasteiger charge is -2.04. The summed E-state index contributed by atoms with van der Waals surface area (Å²) in [6, 6.07) is 6.95. The van der Waals surface area contributed by atoms with Gasteiger partial charge in [-0.15, -0.1) is 0 Å². The Labute approximate surface area is 100 Å². The van der Waals surface area contributed by atoms with E-state index in [1.165, 1.54) is 0 Å². The van der Waals surface area contributed by atoms with Crippen LogP contribution in [0.15, 0.2) is 24.3 Å². The van der Waals surface area contributed by atoms with E-state index in [4.69, 9.17) is 5.73 Å². The zero-order valence-electron chi connectivity index (χ0n) is 9.55. The smallest absolute Gasteiger partial charge is 0.320 e. The zero-order valence-corrected chi connectivity index (χ0v) is 10.4. The minimum absolute atomic E-state index is 0.0774. The maximum absolute atomic E-state index is 11.5. The molecule has 0 heterocycles. The number of carbonyl (C=O) groups is 1. The molecule has 0 saturated carbocycles. The van der Waals surface area contributed by atoms with E-state index < -0.39 is 21.6 Å². The van der Waals surface area contributed by atoms with Crippen LogP contribution in [0.4, 0.5) is 5.69 Å². The summed E-state index contributed by atoms with van der Waals surface area (Å²) in [5.41, 5.74) is 7.01. The molecule has 0 aromatic heterocycles. The third kappa shape index (κ3) is 4.86. The normalized spacial score (nSPS) is 11.1. The van der Waals surface area contributed by atoms with Crippen molar-refractivity contribution in [3.05, 3.63) is 29.8 Å². The number of aryl methyl sites for hydroxylation is 1. The lowest BCUT2D eigenvalue weighted by Crippen LogP contribution is -2.20. The monoisotopic (exact) mass is 257 g/mol. The summed E-state index contributed by atoms with van der Waals surface area (Å²) in [5.74, 6) is -1.38. The Morgan fingerprint density at radius 3 is 2.41 bits per heavy atom. The Morgan fingerprint density at radius 1 is 1.29 bits per heavy atom. The highest BCUT2D eigenvalue weighted by Crippen LogP contribution is 2.07. The molecule has 0 bridgehead atoms. The van der Waals surface area contributed by atoms with Crippen molar-refractivity contribution in [3.63, 3.8) is 0 Å². The van der Waals surface area contributed by atoms with Crippen molar-refractivity contribution in [1.82, 2.24) is 0 Å². The van der Waals surface area contributed by atoms with Gasteiger partial charge in [0.1, 0.15) is 5.75 Å². The van der Waals surface area contributed by atoms with Gasteiger partial charge < -0.3 is 10.5 Å². The summed E-state index contributed by atoms with van der Waals surface area (Å²) < 4.78 is 27.3. The maximum Gasteiger partial charge on any atom is 0.320 e. The lowest BCUT2D eigenvalue weighted by molar-refractivity contribution is -0.137. The summed E-state index contributed by atoms with van der Waals surface area (Å²) >= 11 is 0. The Hall–Kier alpha value is -1.56. The van der Waals surface area contributed by atoms with Crippen molar-refractivity contribution in [1.29, 1.82) is 0 Å². The lowest BCUT2D eigenvalue weighted by atomic mass is 10.2. The molecular formula is C11H15NO4S. The van der Waals surface area contributed by atoms with E-state index in [1.807, 2.05) is 0 Å². The Kier molecular flexibility index (Phi) is 4.51. The molecule has 0 saturated heterocycles. The number of anilines is 1. The van der Waals surface area contributed by atoms with Crippen LogP contribution >= 0.6 is 0 Å². The first kappa shape index (κ1) is 13.5. The molecule has 94 valence electrons. The molecule has 17 heavy (non-hydrogen) atoms. The van der Waals surface area contributed by atoms with Crippen LogP contribution in [0.5, 0.6) is 0 Å². The van der Waals surface area contributed by atoms with Gasteiger partial charge in [-0.2, -0.15) is 0 Å². The minimum Gasteiger partial charge on any atom is -0.468 e. The second-order valence-corrected chi connectivity index (χ2v) is 5.84. The summed E-state index contributed by atoms with van der Waals surface area (Å²) in [4.78, 5) is 10.9. The predicted octanol–water partition coefficient (Wildman–Crippen LogP) is 0.399. The van der Waals surface area contributed by atoms with Gasteiger partial charge in [0.25, 0.3) is 0 Å². The van der Waals surface area contributed by atoms with Gasteiger partial charge in [-0.3, -0.25) is 4.79 Å². The van der Waals surface area contributed by atoms with Gasteiger partial charge in [-0.25, -0.2) is 8.42 Å². The van der Waals surface area contributed by atoms with Crippen LogP contribution in [0.1, 0.15) is 5.56 Å². The molecule has 0 fully saturated rings. The summed E-state index contributed by atoms with van der Waals surface area (Å²) in [5, 5.41) is 0. The van der Waals surface area contributed by atoms with Crippen molar-refractivity contribution < 1.29 is 17.9 Å². The number of benzene rings is 1. The van der Waals surface area contributed by atoms with Gasteiger partial charge in [0.15, 0.2) is 9.84 Å². The van der Waals surface area contributed by atoms with Gasteiger partial charge in [-0.1, -0.05) is 12.1 Å². The summed E-state index contributed by atoms with van der Waals surface area (Å²) in [6.07, 6.45) is 0.361. The number of nitrogens with two attached hydrogens (primary N) is 1. The van der Waals surface area contributed by atoms with Crippen LogP contribution in [0.25, 0.3) is 0 Å². The topological polar surface area (TPSA) is 86.5 Å². The molecule has 1 aromatic carbocycles. The fourth-order valence-corrected chi connectivity index (χ4v) is 2.44. The second kappa shape index (κ2) is 5.67. The molecule has 5 nitrogen and oxygen atoms in total. The number of nitrogen functional groups attached to an aromatic ring is 1. The fraction of sp³-hybridized carbons (Fsp3) is 0.364. The Morgan fingerprint density at radius 2 is 1.88 bits per heavy atom. The first-order chi connectivity index (χ1) is 7.93. The van der Waals surface area contributed by atoms with Crippen LogP contribution in [0.3, 0.4) is 0 Å². The van der Waals surface area contributed by atoms with E-state index >= 15 is 0 Å². The van der Waals surface area contributed by atoms with Crippen LogP contribution in [-0.2, 0) is 25.8 Å². The largest absolute Gasteiger partial charge is 0.468 e. The van der Waals surface area contributed by atoms with Crippen molar-refractivity contribution >= 4 is 21.5 Å². The number of ether oxygens (including phenoxy) is 1. The van der Waals surface area contributed by atoms with Gasteiger partial charge in [0.2, 0.25) is 0 Å². The molecular weight excluding hydrogens is 242 g/mol. The third-order valence-corrected chi connectivity index (χ3v) is 3.75. The summed E-state index contributed by atoms with van der Waals surface area (Å²) in [7, 11) is -2.24. The Bertz CT molecular complexity index is 479. The van der Waals surface area contributed by atoms with Crippen molar-refractivity contribution in [3.8, 4) is 0 Å². The van der Waals surface area contributed by atoms with Gasteiger partial charge in [-0.05, 0) is 24.1 Å². The van der Waals surface area contributed by atoms with Crippen LogP contribution in [0, 0.1) is 0 Å². The van der Waals surface area contributed by atoms with Crippen LogP contribution in [-0.4, -0.2) is 33.0 Å². The molecule has 2 N–H and O–H groups in total. The number of carbonyl (C=O) groups excluding carboxylic acids is 1. The molecule has 0 aliphatic heterocycles. The number of sulfone groups is 1. The number of hydrogen-bond acceptors (Lipinski definition) is 5. The zero-order chi connectivity index (χ0) is 12.9. The molecule has 0 unspecified atom stereocenters. The molecule has 0 atom stereocenters. The van der Waals surface area contributed by atoms with E-state index in [-0.39, 0.29) is 5.75 Å². The third-order valence-electron chi connectivity index (χ3n) is 2.25. The average Bonchev–Trinajstić information content (AvgIpc) is 2.28. The molecule has 1 rings (SSSR count). The van der Waals surface area contributed by atoms with E-state index in [9.17, 15) is 13.2 Å². The highest BCUT2D eigenvalue weighted by Gasteiger charge is 2.16. The molecule has 0 aliphatic carbocycles. The number of rotatable bonds is 5. The van der Waals surface area contributed by atoms with Crippen molar-refractivity contribution in [2.24, 2.45) is 0 Å². The van der Waals surface area contributed by atoms with Crippen LogP contribution < -0.4 is 5.73 Å². The number of hydrogen-bond donors (Lipinski definition) is 1. The first-order valence-corrected chi connectivity index (χ1v) is 6.87. The van der Waals surface area contributed by atoms with E-state index in [0.717, 1.165) is 12.7 Å². The second-order valence-electron chi connectivity index (χ2n) is 3.66. The van der Waals surface area contributed by atoms with Crippen LogP contribution in [0.2, 0.25) is 0 Å². The van der Waals surface area contributed by atoms with Crippen molar-refractivity contribution in [2.45, 2.75) is 6.42 Å². The molecule has 6 heteroatoms. The van der Waals surface area contributed by atoms with Gasteiger partial charge in [0, 0.05) is 5.69 Å². The average molecular weight is 257 g/mol. The number of methoxy groups -OCH3 is 1. The first-order valence-electron chi connectivity index (χ1n) is 5.04. The predicted molar refractivity (Wildman–Crippen MR) is 65.2 cm³/mol. The maximum atomic E-state index is 11.5. The quantitative estimate of drug-likeness (QED) is 0.609. The summed E-state index contributed by atoms with van der Waals surface area (Å²) in [6.45, 7) is 0. The molecule has 0 amide bonds. The molecule has 0 spiro atoms.